The first kappa shape index (κ1) is 20.3. The molecule has 2 fully saturated rings. The quantitative estimate of drug-likeness (QED) is 0.758. The molecular formula is C21H27FN2O4. The van der Waals surface area contributed by atoms with Gasteiger partial charge < -0.3 is 15.0 Å². The Labute approximate surface area is 164 Å². The molecule has 2 atom stereocenters. The third-order valence-corrected chi connectivity index (χ3v) is 5.46. The van der Waals surface area contributed by atoms with Gasteiger partial charge in [-0.1, -0.05) is 12.1 Å². The molecule has 0 bridgehead atoms. The molecule has 1 saturated carbocycles. The molecule has 1 aromatic carbocycles. The summed E-state index contributed by atoms with van der Waals surface area (Å²) in [6.45, 7) is 4.46. The fraction of sp³-hybridized carbons (Fsp3) is 0.571. The van der Waals surface area contributed by atoms with Crippen LogP contribution in [0, 0.1) is 17.7 Å². The van der Waals surface area contributed by atoms with Gasteiger partial charge in [0.2, 0.25) is 5.91 Å². The highest BCUT2D eigenvalue weighted by Crippen LogP contribution is 2.32. The molecule has 0 radical (unpaired) electrons. The fourth-order valence-corrected chi connectivity index (χ4v) is 3.41. The second kappa shape index (κ2) is 8.71. The molecule has 1 saturated heterocycles. The van der Waals surface area contributed by atoms with E-state index >= 15 is 0 Å². The van der Waals surface area contributed by atoms with E-state index in [1.807, 2.05) is 4.90 Å². The Morgan fingerprint density at radius 1 is 1.04 bits per heavy atom. The van der Waals surface area contributed by atoms with Crippen LogP contribution in [0.15, 0.2) is 24.3 Å². The number of likely N-dealkylation sites (tertiary alicyclic amines) is 1. The van der Waals surface area contributed by atoms with E-state index in [9.17, 15) is 18.8 Å². The Kier molecular flexibility index (Phi) is 6.31. The maximum atomic E-state index is 13.0. The number of piperidine rings is 1. The summed E-state index contributed by atoms with van der Waals surface area (Å²) in [5.41, 5.74) is 0.765. The van der Waals surface area contributed by atoms with Crippen molar-refractivity contribution in [1.82, 2.24) is 10.2 Å². The number of nitrogens with one attached hydrogen (secondary N) is 1. The number of hydrogen-bond acceptors (Lipinski definition) is 4. The van der Waals surface area contributed by atoms with E-state index in [2.05, 4.69) is 5.32 Å². The van der Waals surface area contributed by atoms with Gasteiger partial charge in [-0.15, -0.1) is 0 Å². The van der Waals surface area contributed by atoms with Crippen LogP contribution in [-0.4, -0.2) is 41.9 Å². The lowest BCUT2D eigenvalue weighted by Gasteiger charge is -2.31. The number of hydrogen-bond donors (Lipinski definition) is 1. The minimum Gasteiger partial charge on any atom is -0.452 e. The Hall–Kier alpha value is -2.44. The normalized spacial score (nSPS) is 19.6. The maximum absolute atomic E-state index is 13.0. The average Bonchev–Trinajstić information content (AvgIpc) is 3.53. The SMILES string of the molecule is CC(OC(=O)C1CCN(C(=O)C2CC2)CC1)C(=O)NC(C)c1ccc(F)cc1. The number of ether oxygens (including phenoxy) is 1. The van der Waals surface area contributed by atoms with Crippen LogP contribution in [0.1, 0.15) is 51.1 Å². The Bertz CT molecular complexity index is 724. The van der Waals surface area contributed by atoms with Crippen molar-refractivity contribution in [1.29, 1.82) is 0 Å². The van der Waals surface area contributed by atoms with Crippen molar-refractivity contribution in [3.63, 3.8) is 0 Å². The van der Waals surface area contributed by atoms with Crippen molar-refractivity contribution >= 4 is 17.8 Å². The molecule has 1 N–H and O–H groups in total. The molecule has 2 aliphatic rings. The second-order valence-corrected chi connectivity index (χ2v) is 7.73. The Balaban J connectivity index is 1.43. The summed E-state index contributed by atoms with van der Waals surface area (Å²) in [7, 11) is 0. The topological polar surface area (TPSA) is 75.7 Å². The van der Waals surface area contributed by atoms with Gasteiger partial charge in [-0.2, -0.15) is 0 Å². The van der Waals surface area contributed by atoms with Crippen LogP contribution in [0.5, 0.6) is 0 Å². The summed E-state index contributed by atoms with van der Waals surface area (Å²) in [6, 6.07) is 5.55. The largest absolute Gasteiger partial charge is 0.452 e. The zero-order chi connectivity index (χ0) is 20.3. The molecule has 0 aromatic heterocycles. The van der Waals surface area contributed by atoms with Crippen molar-refractivity contribution in [3.05, 3.63) is 35.6 Å². The predicted molar refractivity (Wildman–Crippen MR) is 101 cm³/mol. The van der Waals surface area contributed by atoms with Gasteiger partial charge in [0.25, 0.3) is 5.91 Å². The smallest absolute Gasteiger partial charge is 0.309 e. The van der Waals surface area contributed by atoms with Gasteiger partial charge in [-0.25, -0.2) is 4.39 Å². The van der Waals surface area contributed by atoms with E-state index in [1.165, 1.54) is 19.1 Å². The third-order valence-electron chi connectivity index (χ3n) is 5.46. The minimum absolute atomic E-state index is 0.190. The number of esters is 1. The van der Waals surface area contributed by atoms with Crippen molar-refractivity contribution in [2.75, 3.05) is 13.1 Å². The first-order valence-electron chi connectivity index (χ1n) is 9.90. The van der Waals surface area contributed by atoms with Crippen LogP contribution in [0.2, 0.25) is 0 Å². The van der Waals surface area contributed by atoms with E-state index in [1.54, 1.807) is 19.1 Å². The van der Waals surface area contributed by atoms with E-state index in [4.69, 9.17) is 4.74 Å². The lowest BCUT2D eigenvalue weighted by Crippen LogP contribution is -2.43. The molecule has 7 heteroatoms. The lowest BCUT2D eigenvalue weighted by atomic mass is 9.96. The van der Waals surface area contributed by atoms with Gasteiger partial charge in [-0.3, -0.25) is 14.4 Å². The van der Waals surface area contributed by atoms with E-state index in [0.717, 1.165) is 18.4 Å². The van der Waals surface area contributed by atoms with Gasteiger partial charge >= 0.3 is 5.97 Å². The zero-order valence-corrected chi connectivity index (χ0v) is 16.3. The standard InChI is InChI=1S/C21H27FN2O4/c1-13(15-5-7-18(22)8-6-15)23-19(25)14(2)28-21(27)17-9-11-24(12-10-17)20(26)16-3-4-16/h5-8,13-14,16-17H,3-4,9-12H2,1-2H3,(H,23,25). The first-order chi connectivity index (χ1) is 13.3. The number of rotatable bonds is 6. The molecule has 152 valence electrons. The summed E-state index contributed by atoms with van der Waals surface area (Å²) >= 11 is 0. The predicted octanol–water partition coefficient (Wildman–Crippen LogP) is 2.58. The van der Waals surface area contributed by atoms with Crippen LogP contribution < -0.4 is 5.32 Å². The third kappa shape index (κ3) is 5.09. The number of halogens is 1. The van der Waals surface area contributed by atoms with Crippen molar-refractivity contribution in [2.24, 2.45) is 11.8 Å². The van der Waals surface area contributed by atoms with Crippen LogP contribution in [0.4, 0.5) is 4.39 Å². The van der Waals surface area contributed by atoms with Gasteiger partial charge in [0.05, 0.1) is 12.0 Å². The monoisotopic (exact) mass is 390 g/mol. The Morgan fingerprint density at radius 2 is 1.64 bits per heavy atom. The summed E-state index contributed by atoms with van der Waals surface area (Å²) < 4.78 is 18.4. The molecule has 2 unspecified atom stereocenters. The van der Waals surface area contributed by atoms with Gasteiger partial charge in [-0.05, 0) is 57.2 Å². The molecule has 28 heavy (non-hydrogen) atoms. The van der Waals surface area contributed by atoms with Crippen molar-refractivity contribution in [3.8, 4) is 0 Å². The summed E-state index contributed by atoms with van der Waals surface area (Å²) in [6.07, 6.45) is 2.17. The summed E-state index contributed by atoms with van der Waals surface area (Å²) in [5, 5.41) is 2.77. The molecule has 0 spiro atoms. The molecular weight excluding hydrogens is 363 g/mol. The average molecular weight is 390 g/mol. The van der Waals surface area contributed by atoms with Gasteiger partial charge in [0.1, 0.15) is 5.82 Å². The fourth-order valence-electron chi connectivity index (χ4n) is 3.41. The van der Waals surface area contributed by atoms with Gasteiger partial charge in [0.15, 0.2) is 6.10 Å². The minimum atomic E-state index is -0.915. The number of carbonyl (C=O) groups excluding carboxylic acids is 3. The Morgan fingerprint density at radius 3 is 2.21 bits per heavy atom. The lowest BCUT2D eigenvalue weighted by molar-refractivity contribution is -0.161. The van der Waals surface area contributed by atoms with Crippen molar-refractivity contribution < 1.29 is 23.5 Å². The number of amides is 2. The van der Waals surface area contributed by atoms with E-state index in [-0.39, 0.29) is 29.6 Å². The molecule has 1 aromatic rings. The molecule has 1 heterocycles. The molecule has 3 rings (SSSR count). The highest BCUT2D eigenvalue weighted by Gasteiger charge is 2.36. The highest BCUT2D eigenvalue weighted by atomic mass is 19.1. The molecule has 1 aliphatic heterocycles. The van der Waals surface area contributed by atoms with E-state index in [0.29, 0.717) is 25.9 Å². The second-order valence-electron chi connectivity index (χ2n) is 7.73. The highest BCUT2D eigenvalue weighted by molar-refractivity contribution is 5.84. The summed E-state index contributed by atoms with van der Waals surface area (Å²) in [4.78, 5) is 38.6. The number of carbonyl (C=O) groups is 3. The molecule has 2 amide bonds. The zero-order valence-electron chi connectivity index (χ0n) is 16.3. The van der Waals surface area contributed by atoms with Crippen LogP contribution in [0.3, 0.4) is 0 Å². The van der Waals surface area contributed by atoms with Crippen LogP contribution in [-0.2, 0) is 19.1 Å². The van der Waals surface area contributed by atoms with E-state index < -0.39 is 18.0 Å². The number of nitrogens with zero attached hydrogens (tertiary/aromatic N) is 1. The first-order valence-corrected chi connectivity index (χ1v) is 9.90. The van der Waals surface area contributed by atoms with Crippen molar-refractivity contribution in [2.45, 2.75) is 51.7 Å². The van der Waals surface area contributed by atoms with Crippen LogP contribution >= 0.6 is 0 Å². The number of benzene rings is 1. The molecule has 1 aliphatic carbocycles. The molecule has 6 nitrogen and oxygen atoms in total. The maximum Gasteiger partial charge on any atom is 0.309 e. The summed E-state index contributed by atoms with van der Waals surface area (Å²) in [5.74, 6) is -1.02. The van der Waals surface area contributed by atoms with Crippen LogP contribution in [0.25, 0.3) is 0 Å². The van der Waals surface area contributed by atoms with Gasteiger partial charge in [0, 0.05) is 19.0 Å².